The summed E-state index contributed by atoms with van der Waals surface area (Å²) in [6.45, 7) is 0. The Morgan fingerprint density at radius 1 is 1.44 bits per heavy atom. The Labute approximate surface area is 98.7 Å². The van der Waals surface area contributed by atoms with Crippen molar-refractivity contribution in [1.82, 2.24) is 4.98 Å². The Balaban J connectivity index is 2.17. The molecule has 0 aliphatic heterocycles. The van der Waals surface area contributed by atoms with Crippen LogP contribution in [0.4, 0.5) is 5.69 Å². The summed E-state index contributed by atoms with van der Waals surface area (Å²) in [7, 11) is 0. The van der Waals surface area contributed by atoms with Gasteiger partial charge in [-0.1, -0.05) is 17.7 Å². The summed E-state index contributed by atoms with van der Waals surface area (Å²) < 4.78 is 0. The monoisotopic (exact) mass is 231 g/mol. The van der Waals surface area contributed by atoms with Crippen LogP contribution in [0.25, 0.3) is 0 Å². The number of hydrogen-bond acceptors (Lipinski definition) is 3. The van der Waals surface area contributed by atoms with Crippen molar-refractivity contribution >= 4 is 23.0 Å². The van der Waals surface area contributed by atoms with Crippen molar-refractivity contribution in [2.45, 2.75) is 0 Å². The molecule has 80 valence electrons. The fraction of sp³-hybridized carbons (Fsp3) is 0. The van der Waals surface area contributed by atoms with Crippen molar-refractivity contribution in [2.24, 2.45) is 0 Å². The van der Waals surface area contributed by atoms with Gasteiger partial charge in [0.05, 0.1) is 22.6 Å². The maximum absolute atomic E-state index is 7.71. The van der Waals surface area contributed by atoms with Gasteiger partial charge < -0.3 is 10.7 Å². The Morgan fingerprint density at radius 2 is 2.31 bits per heavy atom. The first-order valence-corrected chi connectivity index (χ1v) is 5.15. The number of halogens is 1. The minimum Gasteiger partial charge on any atom is -0.360 e. The van der Waals surface area contributed by atoms with Crippen LogP contribution in [0.1, 0.15) is 0 Å². The first-order valence-electron chi connectivity index (χ1n) is 4.77. The number of allylic oxidation sites excluding steroid dienone is 5. The van der Waals surface area contributed by atoms with E-state index in [1.807, 2.05) is 12.1 Å². The SMILES string of the molecule is N=C1C=CC=C(Cl)/C1=C/Nc1cccnc1. The van der Waals surface area contributed by atoms with Crippen LogP contribution in [0.2, 0.25) is 0 Å². The van der Waals surface area contributed by atoms with Gasteiger partial charge in [-0.3, -0.25) is 4.98 Å². The molecule has 3 nitrogen and oxygen atoms in total. The summed E-state index contributed by atoms with van der Waals surface area (Å²) in [5.74, 6) is 0. The van der Waals surface area contributed by atoms with E-state index in [-0.39, 0.29) is 0 Å². The van der Waals surface area contributed by atoms with Crippen molar-refractivity contribution in [2.75, 3.05) is 5.32 Å². The summed E-state index contributed by atoms with van der Waals surface area (Å²) in [4.78, 5) is 3.98. The molecule has 16 heavy (non-hydrogen) atoms. The summed E-state index contributed by atoms with van der Waals surface area (Å²) >= 11 is 5.99. The predicted molar refractivity (Wildman–Crippen MR) is 66.7 cm³/mol. The molecule has 0 saturated heterocycles. The van der Waals surface area contributed by atoms with Gasteiger partial charge in [0.25, 0.3) is 0 Å². The Morgan fingerprint density at radius 3 is 3.00 bits per heavy atom. The Hall–Kier alpha value is -1.87. The van der Waals surface area contributed by atoms with Crippen LogP contribution in [0.15, 0.2) is 59.6 Å². The van der Waals surface area contributed by atoms with E-state index in [0.29, 0.717) is 16.3 Å². The molecule has 1 heterocycles. The van der Waals surface area contributed by atoms with Gasteiger partial charge in [0, 0.05) is 18.0 Å². The van der Waals surface area contributed by atoms with Gasteiger partial charge in [-0.15, -0.1) is 0 Å². The number of nitrogens with zero attached hydrogens (tertiary/aromatic N) is 1. The molecule has 1 aromatic heterocycles. The highest BCUT2D eigenvalue weighted by Gasteiger charge is 2.09. The van der Waals surface area contributed by atoms with Crippen LogP contribution in [-0.2, 0) is 0 Å². The second kappa shape index (κ2) is 4.77. The minimum absolute atomic E-state index is 0.392. The van der Waals surface area contributed by atoms with Crippen molar-refractivity contribution < 1.29 is 0 Å². The van der Waals surface area contributed by atoms with Crippen molar-refractivity contribution in [3.63, 3.8) is 0 Å². The highest BCUT2D eigenvalue weighted by Crippen LogP contribution is 2.20. The number of aromatic nitrogens is 1. The molecular weight excluding hydrogens is 222 g/mol. The van der Waals surface area contributed by atoms with E-state index in [1.165, 1.54) is 0 Å². The van der Waals surface area contributed by atoms with Crippen molar-refractivity contribution in [3.8, 4) is 0 Å². The van der Waals surface area contributed by atoms with E-state index >= 15 is 0 Å². The van der Waals surface area contributed by atoms with E-state index in [1.54, 1.807) is 36.8 Å². The molecule has 0 spiro atoms. The highest BCUT2D eigenvalue weighted by molar-refractivity contribution is 6.37. The average molecular weight is 232 g/mol. The first kappa shape index (κ1) is 10.6. The van der Waals surface area contributed by atoms with Gasteiger partial charge in [-0.2, -0.15) is 0 Å². The van der Waals surface area contributed by atoms with Gasteiger partial charge in [-0.05, 0) is 24.3 Å². The number of rotatable bonds is 2. The molecule has 2 rings (SSSR count). The molecule has 0 bridgehead atoms. The van der Waals surface area contributed by atoms with E-state index < -0.39 is 0 Å². The predicted octanol–water partition coefficient (Wildman–Crippen LogP) is 3.09. The van der Waals surface area contributed by atoms with Gasteiger partial charge in [0.2, 0.25) is 0 Å². The van der Waals surface area contributed by atoms with E-state index in [9.17, 15) is 0 Å². The maximum atomic E-state index is 7.71. The molecule has 0 amide bonds. The minimum atomic E-state index is 0.392. The van der Waals surface area contributed by atoms with Crippen molar-refractivity contribution in [1.29, 1.82) is 5.41 Å². The van der Waals surface area contributed by atoms with E-state index in [0.717, 1.165) is 5.69 Å². The van der Waals surface area contributed by atoms with Crippen LogP contribution in [-0.4, -0.2) is 10.7 Å². The lowest BCUT2D eigenvalue weighted by atomic mass is 10.1. The second-order valence-electron chi connectivity index (χ2n) is 3.23. The molecule has 4 heteroatoms. The number of pyridine rings is 1. The number of hydrogen-bond donors (Lipinski definition) is 2. The fourth-order valence-corrected chi connectivity index (χ4v) is 1.52. The standard InChI is InChI=1S/C12H10ClN3/c13-11-4-1-5-12(14)10(11)8-16-9-3-2-6-15-7-9/h1-8,14,16H/b10-8-,14-12?. The molecule has 0 fully saturated rings. The third-order valence-corrected chi connectivity index (χ3v) is 2.43. The summed E-state index contributed by atoms with van der Waals surface area (Å²) in [6, 6.07) is 3.73. The quantitative estimate of drug-likeness (QED) is 0.822. The summed E-state index contributed by atoms with van der Waals surface area (Å²) in [5, 5.41) is 11.3. The van der Waals surface area contributed by atoms with E-state index in [2.05, 4.69) is 10.3 Å². The molecule has 2 N–H and O–H groups in total. The van der Waals surface area contributed by atoms with Crippen LogP contribution >= 0.6 is 11.6 Å². The average Bonchev–Trinajstić information content (AvgIpc) is 2.30. The maximum Gasteiger partial charge on any atom is 0.0641 e. The number of nitrogens with one attached hydrogen (secondary N) is 2. The molecule has 0 unspecified atom stereocenters. The lowest BCUT2D eigenvalue weighted by molar-refractivity contribution is 1.32. The molecule has 1 aliphatic carbocycles. The normalized spacial score (nSPS) is 17.4. The smallest absolute Gasteiger partial charge is 0.0641 e. The van der Waals surface area contributed by atoms with Crippen LogP contribution in [0.5, 0.6) is 0 Å². The third-order valence-electron chi connectivity index (χ3n) is 2.10. The summed E-state index contributed by atoms with van der Waals surface area (Å²) in [6.07, 6.45) is 10.3. The van der Waals surface area contributed by atoms with Crippen LogP contribution in [0.3, 0.4) is 0 Å². The van der Waals surface area contributed by atoms with Crippen molar-refractivity contribution in [3.05, 3.63) is 59.6 Å². The molecule has 1 aromatic rings. The molecule has 0 aromatic carbocycles. The van der Waals surface area contributed by atoms with E-state index in [4.69, 9.17) is 17.0 Å². The second-order valence-corrected chi connectivity index (χ2v) is 3.64. The van der Waals surface area contributed by atoms with Crippen LogP contribution in [0, 0.1) is 5.41 Å². The summed E-state index contributed by atoms with van der Waals surface area (Å²) in [5.41, 5.74) is 1.93. The van der Waals surface area contributed by atoms with Gasteiger partial charge in [0.1, 0.15) is 0 Å². The third kappa shape index (κ3) is 2.38. The largest absolute Gasteiger partial charge is 0.360 e. The number of anilines is 1. The zero-order valence-electron chi connectivity index (χ0n) is 8.44. The Kier molecular flexibility index (Phi) is 3.17. The Bertz CT molecular complexity index is 486. The van der Waals surface area contributed by atoms with Gasteiger partial charge >= 0.3 is 0 Å². The topological polar surface area (TPSA) is 48.8 Å². The fourth-order valence-electron chi connectivity index (χ4n) is 1.29. The zero-order valence-corrected chi connectivity index (χ0v) is 9.20. The lowest BCUT2D eigenvalue weighted by Gasteiger charge is -2.09. The molecular formula is C12H10ClN3. The first-order chi connectivity index (χ1) is 7.77. The molecule has 1 aliphatic rings. The molecule has 0 radical (unpaired) electrons. The van der Waals surface area contributed by atoms with Gasteiger partial charge in [0.15, 0.2) is 0 Å². The molecule has 0 saturated carbocycles. The van der Waals surface area contributed by atoms with Gasteiger partial charge in [-0.25, -0.2) is 0 Å². The molecule has 0 atom stereocenters. The zero-order chi connectivity index (χ0) is 11.4. The lowest BCUT2D eigenvalue weighted by Crippen LogP contribution is -2.04. The van der Waals surface area contributed by atoms with Crippen LogP contribution < -0.4 is 5.32 Å². The highest BCUT2D eigenvalue weighted by atomic mass is 35.5.